The lowest BCUT2D eigenvalue weighted by molar-refractivity contribution is -0.108. The molecule has 20 heavy (non-hydrogen) atoms. The van der Waals surface area contributed by atoms with Gasteiger partial charge in [0.15, 0.2) is 0 Å². The molecular formula is C16H15NO2S. The van der Waals surface area contributed by atoms with E-state index in [2.05, 4.69) is 40.7 Å². The largest absolute Gasteiger partial charge is 0.350 e. The zero-order valence-corrected chi connectivity index (χ0v) is 12.2. The lowest BCUT2D eigenvalue weighted by Gasteiger charge is -2.12. The maximum atomic E-state index is 5.20. The van der Waals surface area contributed by atoms with Gasteiger partial charge in [0.1, 0.15) is 0 Å². The molecule has 102 valence electrons. The van der Waals surface area contributed by atoms with Crippen LogP contribution in [0.15, 0.2) is 48.0 Å². The van der Waals surface area contributed by atoms with Gasteiger partial charge in [0.05, 0.1) is 5.69 Å². The van der Waals surface area contributed by atoms with Gasteiger partial charge in [0.25, 0.3) is 0 Å². The van der Waals surface area contributed by atoms with E-state index in [0.29, 0.717) is 0 Å². The van der Waals surface area contributed by atoms with Gasteiger partial charge < -0.3 is 9.47 Å². The van der Waals surface area contributed by atoms with Gasteiger partial charge in [-0.3, -0.25) is 4.98 Å². The number of nitrogens with zero attached hydrogens (tertiary/aromatic N) is 1. The molecule has 0 aliphatic rings. The van der Waals surface area contributed by atoms with Crippen molar-refractivity contribution in [3.63, 3.8) is 0 Å². The Labute approximate surface area is 121 Å². The Balaban J connectivity index is 1.99. The second kappa shape index (κ2) is 5.71. The summed E-state index contributed by atoms with van der Waals surface area (Å²) in [5, 5.41) is 3.44. The Morgan fingerprint density at radius 1 is 1.05 bits per heavy atom. The van der Waals surface area contributed by atoms with Crippen molar-refractivity contribution in [2.45, 2.75) is 6.29 Å². The smallest absolute Gasteiger partial charge is 0.200 e. The number of aromatic nitrogens is 1. The zero-order valence-electron chi connectivity index (χ0n) is 11.4. The second-order valence-electron chi connectivity index (χ2n) is 4.42. The van der Waals surface area contributed by atoms with Gasteiger partial charge in [-0.1, -0.05) is 24.3 Å². The molecule has 0 fully saturated rings. The van der Waals surface area contributed by atoms with Crippen LogP contribution in [0.4, 0.5) is 0 Å². The molecule has 4 heteroatoms. The van der Waals surface area contributed by atoms with Gasteiger partial charge in [0, 0.05) is 41.6 Å². The highest BCUT2D eigenvalue weighted by Crippen LogP contribution is 2.33. The highest BCUT2D eigenvalue weighted by Gasteiger charge is 2.11. The third kappa shape index (κ3) is 2.33. The average molecular weight is 285 g/mol. The van der Waals surface area contributed by atoms with Crippen molar-refractivity contribution in [1.82, 2.24) is 4.98 Å². The topological polar surface area (TPSA) is 31.4 Å². The number of fused-ring (bicyclic) bond motifs is 1. The maximum Gasteiger partial charge on any atom is 0.200 e. The Morgan fingerprint density at radius 2 is 1.85 bits per heavy atom. The second-order valence-corrected chi connectivity index (χ2v) is 5.33. The van der Waals surface area contributed by atoms with E-state index in [4.69, 9.17) is 9.47 Å². The monoisotopic (exact) mass is 285 g/mol. The lowest BCUT2D eigenvalue weighted by atomic mass is 10.1. The van der Waals surface area contributed by atoms with E-state index in [1.54, 1.807) is 25.6 Å². The predicted octanol–water partition coefficient (Wildman–Crippen LogP) is 4.25. The first-order valence-electron chi connectivity index (χ1n) is 6.31. The van der Waals surface area contributed by atoms with Crippen LogP contribution in [0.2, 0.25) is 0 Å². The normalized spacial score (nSPS) is 11.3. The fourth-order valence-electron chi connectivity index (χ4n) is 2.24. The van der Waals surface area contributed by atoms with Crippen molar-refractivity contribution in [3.05, 3.63) is 53.7 Å². The molecule has 1 aromatic carbocycles. The molecular weight excluding hydrogens is 270 g/mol. The number of benzene rings is 1. The summed E-state index contributed by atoms with van der Waals surface area (Å²) in [5.41, 5.74) is 3.10. The number of hydrogen-bond donors (Lipinski definition) is 0. The molecule has 0 saturated carbocycles. The SMILES string of the molecule is COC(OC)c1ccc(-c2csc3ccccc23)cn1. The Bertz CT molecular complexity index is 702. The molecule has 0 amide bonds. The summed E-state index contributed by atoms with van der Waals surface area (Å²) in [7, 11) is 3.21. The molecule has 0 aliphatic heterocycles. The molecule has 0 atom stereocenters. The molecule has 0 aliphatic carbocycles. The first kappa shape index (κ1) is 13.2. The van der Waals surface area contributed by atoms with Crippen LogP contribution < -0.4 is 0 Å². The van der Waals surface area contributed by atoms with E-state index >= 15 is 0 Å². The molecule has 0 saturated heterocycles. The highest BCUT2D eigenvalue weighted by atomic mass is 32.1. The van der Waals surface area contributed by atoms with E-state index in [0.717, 1.165) is 11.3 Å². The minimum absolute atomic E-state index is 0.414. The number of methoxy groups -OCH3 is 2. The minimum atomic E-state index is -0.414. The fraction of sp³-hybridized carbons (Fsp3) is 0.188. The summed E-state index contributed by atoms with van der Waals surface area (Å²) in [6.45, 7) is 0. The van der Waals surface area contributed by atoms with Crippen molar-refractivity contribution in [2.24, 2.45) is 0 Å². The van der Waals surface area contributed by atoms with Gasteiger partial charge in [-0.2, -0.15) is 0 Å². The molecule has 2 heterocycles. The van der Waals surface area contributed by atoms with E-state index < -0.39 is 6.29 Å². The molecule has 3 nitrogen and oxygen atoms in total. The summed E-state index contributed by atoms with van der Waals surface area (Å²) in [6, 6.07) is 12.4. The standard InChI is InChI=1S/C16H15NO2S/c1-18-16(19-2)14-8-7-11(9-17-14)13-10-20-15-6-4-3-5-12(13)15/h3-10,16H,1-2H3. The molecule has 0 spiro atoms. The predicted molar refractivity (Wildman–Crippen MR) is 81.8 cm³/mol. The number of rotatable bonds is 4. The number of ether oxygens (including phenoxy) is 2. The number of hydrogen-bond acceptors (Lipinski definition) is 4. The van der Waals surface area contributed by atoms with Crippen molar-refractivity contribution >= 4 is 21.4 Å². The third-order valence-electron chi connectivity index (χ3n) is 3.25. The van der Waals surface area contributed by atoms with Crippen molar-refractivity contribution in [1.29, 1.82) is 0 Å². The van der Waals surface area contributed by atoms with Crippen LogP contribution in [0.3, 0.4) is 0 Å². The van der Waals surface area contributed by atoms with Gasteiger partial charge in [-0.05, 0) is 17.5 Å². The van der Waals surface area contributed by atoms with E-state index in [1.807, 2.05) is 12.3 Å². The zero-order chi connectivity index (χ0) is 13.9. The summed E-state index contributed by atoms with van der Waals surface area (Å²) in [4.78, 5) is 4.44. The first-order chi connectivity index (χ1) is 9.83. The van der Waals surface area contributed by atoms with Crippen LogP contribution in [-0.4, -0.2) is 19.2 Å². The van der Waals surface area contributed by atoms with Crippen molar-refractivity contribution in [2.75, 3.05) is 14.2 Å². The van der Waals surface area contributed by atoms with Gasteiger partial charge in [-0.25, -0.2) is 0 Å². The van der Waals surface area contributed by atoms with Crippen LogP contribution in [0.1, 0.15) is 12.0 Å². The summed E-state index contributed by atoms with van der Waals surface area (Å²) in [6.07, 6.45) is 1.46. The molecule has 0 N–H and O–H groups in total. The summed E-state index contributed by atoms with van der Waals surface area (Å²) >= 11 is 1.75. The summed E-state index contributed by atoms with van der Waals surface area (Å²) < 4.78 is 11.7. The minimum Gasteiger partial charge on any atom is -0.350 e. The highest BCUT2D eigenvalue weighted by molar-refractivity contribution is 7.17. The summed E-state index contributed by atoms with van der Waals surface area (Å²) in [5.74, 6) is 0. The average Bonchev–Trinajstić information content (AvgIpc) is 2.93. The lowest BCUT2D eigenvalue weighted by Crippen LogP contribution is -2.05. The maximum absolute atomic E-state index is 5.20. The molecule has 0 bridgehead atoms. The van der Waals surface area contributed by atoms with E-state index in [9.17, 15) is 0 Å². The Morgan fingerprint density at radius 3 is 2.55 bits per heavy atom. The number of thiophene rings is 1. The Hall–Kier alpha value is -1.75. The van der Waals surface area contributed by atoms with E-state index in [-0.39, 0.29) is 0 Å². The van der Waals surface area contributed by atoms with E-state index in [1.165, 1.54) is 15.6 Å². The fourth-order valence-corrected chi connectivity index (χ4v) is 3.21. The molecule has 3 rings (SSSR count). The van der Waals surface area contributed by atoms with Crippen LogP contribution in [0.25, 0.3) is 21.2 Å². The van der Waals surface area contributed by atoms with Crippen LogP contribution in [-0.2, 0) is 9.47 Å². The van der Waals surface area contributed by atoms with Crippen molar-refractivity contribution < 1.29 is 9.47 Å². The first-order valence-corrected chi connectivity index (χ1v) is 7.19. The van der Waals surface area contributed by atoms with Gasteiger partial charge >= 0.3 is 0 Å². The quantitative estimate of drug-likeness (QED) is 0.671. The Kier molecular flexibility index (Phi) is 3.78. The molecule has 0 unspecified atom stereocenters. The molecule has 2 aromatic heterocycles. The van der Waals surface area contributed by atoms with Crippen LogP contribution in [0, 0.1) is 0 Å². The van der Waals surface area contributed by atoms with Crippen molar-refractivity contribution in [3.8, 4) is 11.1 Å². The van der Waals surface area contributed by atoms with Gasteiger partial charge in [-0.15, -0.1) is 11.3 Å². The van der Waals surface area contributed by atoms with Gasteiger partial charge in [0.2, 0.25) is 6.29 Å². The van der Waals surface area contributed by atoms with Crippen LogP contribution in [0.5, 0.6) is 0 Å². The number of pyridine rings is 1. The molecule has 0 radical (unpaired) electrons. The van der Waals surface area contributed by atoms with Crippen LogP contribution >= 0.6 is 11.3 Å². The molecule has 3 aromatic rings. The third-order valence-corrected chi connectivity index (χ3v) is 4.21.